The fourth-order valence-electron chi connectivity index (χ4n) is 3.75. The second-order valence-corrected chi connectivity index (χ2v) is 11.0. The summed E-state index contributed by atoms with van der Waals surface area (Å²) in [6.07, 6.45) is 11.1. The van der Waals surface area contributed by atoms with Crippen LogP contribution in [-0.2, 0) is 26.7 Å². The molecule has 0 aromatic heterocycles. The summed E-state index contributed by atoms with van der Waals surface area (Å²) in [6, 6.07) is 10.2. The molecule has 184 valence electrons. The molecule has 7 nitrogen and oxygen atoms in total. The van der Waals surface area contributed by atoms with Gasteiger partial charge in [0.2, 0.25) is 0 Å². The summed E-state index contributed by atoms with van der Waals surface area (Å²) in [4.78, 5) is -0.961. The summed E-state index contributed by atoms with van der Waals surface area (Å²) >= 11 is 0. The maximum absolute atomic E-state index is 12.2. The molecule has 0 aliphatic rings. The van der Waals surface area contributed by atoms with Gasteiger partial charge in [0.25, 0.3) is 20.2 Å². The molecule has 33 heavy (non-hydrogen) atoms. The normalized spacial score (nSPS) is 12.1. The third kappa shape index (κ3) is 9.44. The van der Waals surface area contributed by atoms with E-state index in [1.54, 1.807) is 30.3 Å². The van der Waals surface area contributed by atoms with E-state index in [1.165, 1.54) is 32.1 Å². The van der Waals surface area contributed by atoms with Crippen LogP contribution in [0.1, 0.15) is 76.7 Å². The van der Waals surface area contributed by atoms with Crippen molar-refractivity contribution in [3.8, 4) is 11.5 Å². The van der Waals surface area contributed by atoms with Crippen molar-refractivity contribution in [3.05, 3.63) is 48.0 Å². The summed E-state index contributed by atoms with van der Waals surface area (Å²) in [5.74, 6) is -0.0827. The van der Waals surface area contributed by atoms with E-state index in [0.717, 1.165) is 37.8 Å². The summed E-state index contributed by atoms with van der Waals surface area (Å²) < 4.78 is 72.9. The molecule has 2 N–H and O–H groups in total. The van der Waals surface area contributed by atoms with Gasteiger partial charge in [-0.25, -0.2) is 0 Å². The standard InChI is InChI=1S/C24H34O7S2/c1-2-3-4-5-6-7-8-9-10-12-15-20-18-22(32(25,26)27)19-23(24(20)33(28,29)30)31-21-16-13-11-14-17-21/h11,13-14,16-19H,2-10,12,15H2,1H3,(H,25,26,27)(H,28,29,30). The average molecular weight is 499 g/mol. The Bertz CT molecular complexity index is 1080. The van der Waals surface area contributed by atoms with Gasteiger partial charge >= 0.3 is 0 Å². The Morgan fingerprint density at radius 3 is 1.79 bits per heavy atom. The third-order valence-corrected chi connectivity index (χ3v) is 7.24. The average Bonchev–Trinajstić information content (AvgIpc) is 2.74. The first-order valence-corrected chi connectivity index (χ1v) is 14.4. The molecule has 0 radical (unpaired) electrons. The van der Waals surface area contributed by atoms with Gasteiger partial charge in [0.05, 0.1) is 4.90 Å². The molecule has 2 aromatic carbocycles. The Morgan fingerprint density at radius 2 is 1.27 bits per heavy atom. The van der Waals surface area contributed by atoms with Gasteiger partial charge in [-0.05, 0) is 36.6 Å². The fraction of sp³-hybridized carbons (Fsp3) is 0.500. The summed E-state index contributed by atoms with van der Waals surface area (Å²) in [7, 11) is -9.32. The number of hydrogen-bond donors (Lipinski definition) is 2. The number of hydrogen-bond acceptors (Lipinski definition) is 5. The minimum absolute atomic E-state index is 0.0955. The Hall–Kier alpha value is -1.94. The van der Waals surface area contributed by atoms with Crippen LogP contribution in [0.15, 0.2) is 52.3 Å². The van der Waals surface area contributed by atoms with Crippen LogP contribution in [-0.4, -0.2) is 25.9 Å². The van der Waals surface area contributed by atoms with Crippen LogP contribution in [0.5, 0.6) is 11.5 Å². The van der Waals surface area contributed by atoms with Gasteiger partial charge in [-0.3, -0.25) is 9.11 Å². The molecule has 2 aromatic rings. The highest BCUT2D eigenvalue weighted by Gasteiger charge is 2.26. The number of para-hydroxylation sites is 1. The minimum Gasteiger partial charge on any atom is -0.456 e. The molecule has 0 atom stereocenters. The van der Waals surface area contributed by atoms with Gasteiger partial charge in [0.15, 0.2) is 0 Å². The zero-order chi connectivity index (χ0) is 24.3. The summed E-state index contributed by atoms with van der Waals surface area (Å²) in [6.45, 7) is 2.19. The first-order valence-electron chi connectivity index (χ1n) is 11.5. The maximum Gasteiger partial charge on any atom is 0.298 e. The maximum atomic E-state index is 12.2. The van der Waals surface area contributed by atoms with Gasteiger partial charge in [-0.15, -0.1) is 0 Å². The highest BCUT2D eigenvalue weighted by molar-refractivity contribution is 7.86. The largest absolute Gasteiger partial charge is 0.456 e. The van der Waals surface area contributed by atoms with E-state index >= 15 is 0 Å². The van der Waals surface area contributed by atoms with E-state index in [1.807, 2.05) is 0 Å². The van der Waals surface area contributed by atoms with Crippen molar-refractivity contribution in [3.63, 3.8) is 0 Å². The quantitative estimate of drug-likeness (QED) is 0.214. The summed E-state index contributed by atoms with van der Waals surface area (Å²) in [5.41, 5.74) is 0.0955. The van der Waals surface area contributed by atoms with Crippen molar-refractivity contribution in [2.75, 3.05) is 0 Å². The molecule has 0 aliphatic carbocycles. The molecule has 0 heterocycles. The van der Waals surface area contributed by atoms with Gasteiger partial charge in [-0.2, -0.15) is 16.8 Å². The second kappa shape index (κ2) is 13.1. The van der Waals surface area contributed by atoms with Crippen LogP contribution in [0.4, 0.5) is 0 Å². The molecule has 0 bridgehead atoms. The van der Waals surface area contributed by atoms with Crippen molar-refractivity contribution in [2.24, 2.45) is 0 Å². The predicted molar refractivity (Wildman–Crippen MR) is 128 cm³/mol. The van der Waals surface area contributed by atoms with Crippen LogP contribution in [0.25, 0.3) is 0 Å². The molecule has 9 heteroatoms. The predicted octanol–water partition coefficient (Wildman–Crippen LogP) is 6.44. The Balaban J connectivity index is 2.14. The zero-order valence-electron chi connectivity index (χ0n) is 19.1. The minimum atomic E-state index is -4.71. The van der Waals surface area contributed by atoms with Gasteiger partial charge in [0, 0.05) is 6.07 Å². The van der Waals surface area contributed by atoms with Gasteiger partial charge in [-0.1, -0.05) is 82.9 Å². The van der Waals surface area contributed by atoms with E-state index in [2.05, 4.69) is 6.92 Å². The molecule has 0 saturated carbocycles. The molecular formula is C24H34O7S2. The van der Waals surface area contributed by atoms with Crippen molar-refractivity contribution in [1.29, 1.82) is 0 Å². The van der Waals surface area contributed by atoms with Crippen molar-refractivity contribution < 1.29 is 30.7 Å². The molecule has 0 aliphatic heterocycles. The number of unbranched alkanes of at least 4 members (excludes halogenated alkanes) is 9. The third-order valence-electron chi connectivity index (χ3n) is 5.43. The second-order valence-electron chi connectivity index (χ2n) is 8.21. The molecule has 0 amide bonds. The first-order chi connectivity index (χ1) is 15.6. The Kier molecular flexibility index (Phi) is 10.8. The van der Waals surface area contributed by atoms with E-state index in [-0.39, 0.29) is 23.5 Å². The Labute approximate surface area is 197 Å². The van der Waals surface area contributed by atoms with Crippen LogP contribution in [0.2, 0.25) is 0 Å². The van der Waals surface area contributed by atoms with Gasteiger partial charge in [0.1, 0.15) is 16.4 Å². The van der Waals surface area contributed by atoms with Crippen LogP contribution >= 0.6 is 0 Å². The Morgan fingerprint density at radius 1 is 0.727 bits per heavy atom. The fourth-order valence-corrected chi connectivity index (χ4v) is 5.15. The molecular weight excluding hydrogens is 464 g/mol. The lowest BCUT2D eigenvalue weighted by Crippen LogP contribution is -2.09. The van der Waals surface area contributed by atoms with Crippen LogP contribution in [0.3, 0.4) is 0 Å². The van der Waals surface area contributed by atoms with Crippen molar-refractivity contribution >= 4 is 20.2 Å². The number of rotatable bonds is 15. The lowest BCUT2D eigenvalue weighted by Gasteiger charge is -2.15. The monoisotopic (exact) mass is 498 g/mol. The lowest BCUT2D eigenvalue weighted by atomic mass is 10.0. The zero-order valence-corrected chi connectivity index (χ0v) is 20.7. The molecule has 0 spiro atoms. The molecule has 2 rings (SSSR count). The SMILES string of the molecule is CCCCCCCCCCCCc1cc(S(=O)(=O)O)cc(Oc2ccccc2)c1S(=O)(=O)O. The van der Waals surface area contributed by atoms with Crippen LogP contribution in [0, 0.1) is 0 Å². The summed E-state index contributed by atoms with van der Waals surface area (Å²) in [5, 5.41) is 0. The van der Waals surface area contributed by atoms with Crippen molar-refractivity contribution in [2.45, 2.75) is 87.3 Å². The highest BCUT2D eigenvalue weighted by atomic mass is 32.2. The molecule has 0 unspecified atom stereocenters. The molecule has 0 fully saturated rings. The number of aryl methyl sites for hydroxylation is 1. The smallest absolute Gasteiger partial charge is 0.298 e. The van der Waals surface area contributed by atoms with E-state index in [9.17, 15) is 25.9 Å². The first kappa shape index (κ1) is 27.3. The van der Waals surface area contributed by atoms with E-state index in [4.69, 9.17) is 4.74 Å². The lowest BCUT2D eigenvalue weighted by molar-refractivity contribution is 0.442. The topological polar surface area (TPSA) is 118 Å². The van der Waals surface area contributed by atoms with Crippen molar-refractivity contribution in [1.82, 2.24) is 0 Å². The number of ether oxygens (including phenoxy) is 1. The highest BCUT2D eigenvalue weighted by Crippen LogP contribution is 2.35. The van der Waals surface area contributed by atoms with E-state index < -0.39 is 30.0 Å². The van der Waals surface area contributed by atoms with E-state index in [0.29, 0.717) is 6.42 Å². The number of benzene rings is 2. The van der Waals surface area contributed by atoms with Gasteiger partial charge < -0.3 is 4.74 Å². The van der Waals surface area contributed by atoms with Crippen LogP contribution < -0.4 is 4.74 Å². The molecule has 0 saturated heterocycles.